The number of piperidine rings is 1. The lowest BCUT2D eigenvalue weighted by molar-refractivity contribution is 0.0966. The van der Waals surface area contributed by atoms with Gasteiger partial charge in [0, 0.05) is 11.9 Å². The lowest BCUT2D eigenvalue weighted by Gasteiger charge is -2.30. The first-order chi connectivity index (χ1) is 10.7. The van der Waals surface area contributed by atoms with Crippen molar-refractivity contribution in [1.82, 2.24) is 15.6 Å². The highest BCUT2D eigenvalue weighted by Gasteiger charge is 2.22. The molecule has 2 atom stereocenters. The Hall–Kier alpha value is -1.46. The summed E-state index contributed by atoms with van der Waals surface area (Å²) < 4.78 is 0.727. The first-order valence-corrected chi connectivity index (χ1v) is 8.53. The summed E-state index contributed by atoms with van der Waals surface area (Å²) in [4.78, 5) is 16.2. The largest absolute Gasteiger partial charge is 0.322 e. The zero-order valence-corrected chi connectivity index (χ0v) is 14.0. The van der Waals surface area contributed by atoms with Crippen molar-refractivity contribution < 1.29 is 4.79 Å². The number of allylic oxidation sites excluding steroid dienone is 3. The SMILES string of the molecule is O=C(NC1=CCC([C@@H]2CCCNC2)C=C1)c1ccc(Br)nc1. The van der Waals surface area contributed by atoms with Crippen LogP contribution in [0.4, 0.5) is 0 Å². The van der Waals surface area contributed by atoms with Crippen LogP contribution in [0.2, 0.25) is 0 Å². The van der Waals surface area contributed by atoms with E-state index < -0.39 is 0 Å². The van der Waals surface area contributed by atoms with Gasteiger partial charge in [0.05, 0.1) is 5.56 Å². The van der Waals surface area contributed by atoms with Crippen LogP contribution in [0, 0.1) is 11.8 Å². The average molecular weight is 362 g/mol. The zero-order valence-electron chi connectivity index (χ0n) is 12.4. The standard InChI is InChI=1S/C17H20BrN3O/c18-16-8-5-14(11-20-16)17(22)21-15-6-3-12(4-7-15)13-2-1-9-19-10-13/h3,5-8,11-13,19H,1-2,4,9-10H2,(H,21,22)/t12?,13-/m1/s1. The van der Waals surface area contributed by atoms with Gasteiger partial charge in [0.25, 0.3) is 5.91 Å². The second kappa shape index (κ2) is 7.20. The van der Waals surface area contributed by atoms with Crippen LogP contribution < -0.4 is 10.6 Å². The zero-order chi connectivity index (χ0) is 15.4. The van der Waals surface area contributed by atoms with Gasteiger partial charge in [0.15, 0.2) is 0 Å². The minimum atomic E-state index is -0.117. The maximum Gasteiger partial charge on any atom is 0.257 e. The van der Waals surface area contributed by atoms with Crippen LogP contribution in [0.5, 0.6) is 0 Å². The number of halogens is 1. The highest BCUT2D eigenvalue weighted by atomic mass is 79.9. The second-order valence-corrected chi connectivity index (χ2v) is 6.66. The molecule has 1 fully saturated rings. The predicted molar refractivity (Wildman–Crippen MR) is 90.3 cm³/mol. The fraction of sp³-hybridized carbons (Fsp3) is 0.412. The third kappa shape index (κ3) is 3.84. The maximum absolute atomic E-state index is 12.2. The molecule has 0 radical (unpaired) electrons. The second-order valence-electron chi connectivity index (χ2n) is 5.85. The molecule has 2 N–H and O–H groups in total. The van der Waals surface area contributed by atoms with Crippen LogP contribution in [0.25, 0.3) is 0 Å². The van der Waals surface area contributed by atoms with Crippen LogP contribution in [0.1, 0.15) is 29.6 Å². The quantitative estimate of drug-likeness (QED) is 0.813. The van der Waals surface area contributed by atoms with Crippen molar-refractivity contribution in [2.24, 2.45) is 11.8 Å². The molecule has 1 aliphatic carbocycles. The molecule has 0 saturated carbocycles. The van der Waals surface area contributed by atoms with E-state index in [0.29, 0.717) is 17.4 Å². The van der Waals surface area contributed by atoms with E-state index in [1.54, 1.807) is 18.3 Å². The third-order valence-corrected chi connectivity index (χ3v) is 4.79. The van der Waals surface area contributed by atoms with E-state index in [2.05, 4.69) is 43.7 Å². The van der Waals surface area contributed by atoms with Crippen LogP contribution in [-0.4, -0.2) is 24.0 Å². The number of nitrogens with one attached hydrogen (secondary N) is 2. The molecule has 2 heterocycles. The number of aromatic nitrogens is 1. The van der Waals surface area contributed by atoms with Gasteiger partial charge in [0.1, 0.15) is 4.60 Å². The Morgan fingerprint density at radius 3 is 2.95 bits per heavy atom. The smallest absolute Gasteiger partial charge is 0.257 e. The molecule has 4 nitrogen and oxygen atoms in total. The Morgan fingerprint density at radius 2 is 2.32 bits per heavy atom. The molecule has 1 unspecified atom stereocenters. The van der Waals surface area contributed by atoms with E-state index >= 15 is 0 Å². The molecule has 5 heteroatoms. The summed E-state index contributed by atoms with van der Waals surface area (Å²) in [5.41, 5.74) is 1.45. The number of pyridine rings is 1. The fourth-order valence-corrected chi connectivity index (χ4v) is 3.27. The van der Waals surface area contributed by atoms with Crippen LogP contribution >= 0.6 is 15.9 Å². The van der Waals surface area contributed by atoms with Crippen LogP contribution in [-0.2, 0) is 0 Å². The third-order valence-electron chi connectivity index (χ3n) is 4.32. The summed E-state index contributed by atoms with van der Waals surface area (Å²) in [6, 6.07) is 3.53. The number of rotatable bonds is 3. The molecule has 2 aliphatic rings. The average Bonchev–Trinajstić information content (AvgIpc) is 2.57. The van der Waals surface area contributed by atoms with Gasteiger partial charge in [-0.1, -0.05) is 12.2 Å². The molecule has 3 rings (SSSR count). The van der Waals surface area contributed by atoms with E-state index in [1.165, 1.54) is 12.8 Å². The number of amides is 1. The van der Waals surface area contributed by atoms with E-state index in [9.17, 15) is 4.79 Å². The summed E-state index contributed by atoms with van der Waals surface area (Å²) in [5, 5.41) is 6.41. The molecule has 1 saturated heterocycles. The maximum atomic E-state index is 12.2. The van der Waals surface area contributed by atoms with Crippen molar-refractivity contribution in [3.8, 4) is 0 Å². The Bertz CT molecular complexity index is 588. The highest BCUT2D eigenvalue weighted by molar-refractivity contribution is 9.10. The summed E-state index contributed by atoms with van der Waals surface area (Å²) in [6.45, 7) is 2.25. The lowest BCUT2D eigenvalue weighted by atomic mass is 9.82. The van der Waals surface area contributed by atoms with Gasteiger partial charge in [-0.25, -0.2) is 4.98 Å². The molecular formula is C17H20BrN3O. The van der Waals surface area contributed by atoms with Crippen molar-refractivity contribution in [1.29, 1.82) is 0 Å². The van der Waals surface area contributed by atoms with E-state index in [1.807, 2.05) is 6.08 Å². The molecule has 0 spiro atoms. The summed E-state index contributed by atoms with van der Waals surface area (Å²) in [6.07, 6.45) is 11.5. The van der Waals surface area contributed by atoms with Gasteiger partial charge in [-0.05, 0) is 78.3 Å². The Morgan fingerprint density at radius 1 is 1.41 bits per heavy atom. The molecule has 1 aliphatic heterocycles. The lowest BCUT2D eigenvalue weighted by Crippen LogP contribution is -2.34. The summed E-state index contributed by atoms with van der Waals surface area (Å²) in [7, 11) is 0. The van der Waals surface area contributed by atoms with E-state index in [4.69, 9.17) is 0 Å². The molecule has 22 heavy (non-hydrogen) atoms. The first-order valence-electron chi connectivity index (χ1n) is 7.74. The summed E-state index contributed by atoms with van der Waals surface area (Å²) >= 11 is 3.27. The topological polar surface area (TPSA) is 54.0 Å². The van der Waals surface area contributed by atoms with Gasteiger partial charge in [0.2, 0.25) is 0 Å². The van der Waals surface area contributed by atoms with Gasteiger partial charge < -0.3 is 10.6 Å². The molecule has 1 aromatic rings. The fourth-order valence-electron chi connectivity index (χ4n) is 3.04. The number of carbonyl (C=O) groups excluding carboxylic acids is 1. The Labute approximate surface area is 139 Å². The molecule has 1 aromatic heterocycles. The highest BCUT2D eigenvalue weighted by Crippen LogP contribution is 2.27. The van der Waals surface area contributed by atoms with Gasteiger partial charge in [-0.3, -0.25) is 4.79 Å². The Kier molecular flexibility index (Phi) is 5.05. The van der Waals surface area contributed by atoms with E-state index in [0.717, 1.165) is 29.8 Å². The van der Waals surface area contributed by atoms with Crippen molar-refractivity contribution in [3.05, 3.63) is 52.4 Å². The van der Waals surface area contributed by atoms with Crippen molar-refractivity contribution in [3.63, 3.8) is 0 Å². The number of carbonyl (C=O) groups is 1. The Balaban J connectivity index is 1.56. The molecular weight excluding hydrogens is 342 g/mol. The number of nitrogens with zero attached hydrogens (tertiary/aromatic N) is 1. The normalized spacial score (nSPS) is 24.7. The molecule has 1 amide bonds. The number of hydrogen-bond donors (Lipinski definition) is 2. The monoisotopic (exact) mass is 361 g/mol. The minimum Gasteiger partial charge on any atom is -0.322 e. The summed E-state index contributed by atoms with van der Waals surface area (Å²) in [5.74, 6) is 1.19. The molecule has 0 bridgehead atoms. The van der Waals surface area contributed by atoms with Gasteiger partial charge >= 0.3 is 0 Å². The molecule has 116 valence electrons. The van der Waals surface area contributed by atoms with Gasteiger partial charge in [-0.15, -0.1) is 0 Å². The van der Waals surface area contributed by atoms with Crippen LogP contribution in [0.15, 0.2) is 46.9 Å². The van der Waals surface area contributed by atoms with E-state index in [-0.39, 0.29) is 5.91 Å². The minimum absolute atomic E-state index is 0.117. The van der Waals surface area contributed by atoms with Crippen molar-refractivity contribution in [2.45, 2.75) is 19.3 Å². The molecule has 0 aromatic carbocycles. The predicted octanol–water partition coefficient (Wildman–Crippen LogP) is 3.03. The van der Waals surface area contributed by atoms with Crippen LogP contribution in [0.3, 0.4) is 0 Å². The number of hydrogen-bond acceptors (Lipinski definition) is 3. The van der Waals surface area contributed by atoms with Crippen molar-refractivity contribution in [2.75, 3.05) is 13.1 Å². The van der Waals surface area contributed by atoms with Gasteiger partial charge in [-0.2, -0.15) is 0 Å². The van der Waals surface area contributed by atoms with Crippen molar-refractivity contribution >= 4 is 21.8 Å². The first kappa shape index (κ1) is 15.4.